The number of hydrogen-bond acceptors (Lipinski definition) is 6. The van der Waals surface area contributed by atoms with Gasteiger partial charge in [-0.1, -0.05) is 47.7 Å². The highest BCUT2D eigenvalue weighted by Crippen LogP contribution is 2.17. The van der Waals surface area contributed by atoms with Crippen molar-refractivity contribution in [2.75, 3.05) is 12.4 Å². The smallest absolute Gasteiger partial charge is 0.286 e. The van der Waals surface area contributed by atoms with Crippen LogP contribution in [0.5, 0.6) is 5.75 Å². The Morgan fingerprint density at radius 3 is 2.57 bits per heavy atom. The van der Waals surface area contributed by atoms with E-state index < -0.39 is 0 Å². The third-order valence-corrected chi connectivity index (χ3v) is 4.91. The molecule has 8 heteroatoms. The minimum Gasteiger partial charge on any atom is -0.496 e. The van der Waals surface area contributed by atoms with Crippen molar-refractivity contribution >= 4 is 28.8 Å². The number of rotatable bonds is 8. The molecule has 0 unspecified atom stereocenters. The van der Waals surface area contributed by atoms with Gasteiger partial charge >= 0.3 is 0 Å². The normalized spacial score (nSPS) is 10.3. The van der Waals surface area contributed by atoms with Gasteiger partial charge in [-0.2, -0.15) is 0 Å². The summed E-state index contributed by atoms with van der Waals surface area (Å²) in [4.78, 5) is 24.3. The van der Waals surface area contributed by atoms with Crippen molar-refractivity contribution in [3.05, 3.63) is 70.2 Å². The summed E-state index contributed by atoms with van der Waals surface area (Å²) in [7, 11) is 1.60. The van der Waals surface area contributed by atoms with Crippen LogP contribution in [0.2, 0.25) is 0 Å². The SMILES string of the molecule is COc1ccccc1CNC(=O)CCc1nnc(C(=O)Nc2ccccc2)s1. The second-order valence-electron chi connectivity index (χ2n) is 5.91. The van der Waals surface area contributed by atoms with Gasteiger partial charge < -0.3 is 15.4 Å². The van der Waals surface area contributed by atoms with Crippen molar-refractivity contribution in [2.45, 2.75) is 19.4 Å². The number of nitrogens with one attached hydrogen (secondary N) is 2. The number of para-hydroxylation sites is 2. The summed E-state index contributed by atoms with van der Waals surface area (Å²) in [6.45, 7) is 0.393. The molecular weight excluding hydrogens is 376 g/mol. The molecule has 0 aliphatic rings. The summed E-state index contributed by atoms with van der Waals surface area (Å²) in [5, 5.41) is 14.5. The van der Waals surface area contributed by atoms with E-state index in [9.17, 15) is 9.59 Å². The summed E-state index contributed by atoms with van der Waals surface area (Å²) in [6.07, 6.45) is 0.693. The van der Waals surface area contributed by atoms with Crippen LogP contribution < -0.4 is 15.4 Å². The Bertz CT molecular complexity index is 943. The number of anilines is 1. The lowest BCUT2D eigenvalue weighted by Crippen LogP contribution is -2.23. The molecule has 0 bridgehead atoms. The van der Waals surface area contributed by atoms with E-state index in [1.54, 1.807) is 19.2 Å². The number of hydrogen-bond donors (Lipinski definition) is 2. The van der Waals surface area contributed by atoms with E-state index in [1.807, 2.05) is 42.5 Å². The van der Waals surface area contributed by atoms with E-state index in [1.165, 1.54) is 11.3 Å². The Balaban J connectivity index is 1.47. The zero-order valence-electron chi connectivity index (χ0n) is 15.3. The van der Waals surface area contributed by atoms with E-state index in [4.69, 9.17) is 4.74 Å². The van der Waals surface area contributed by atoms with Gasteiger partial charge in [-0.15, -0.1) is 10.2 Å². The zero-order chi connectivity index (χ0) is 19.8. The molecule has 7 nitrogen and oxygen atoms in total. The molecule has 28 heavy (non-hydrogen) atoms. The number of ether oxygens (including phenoxy) is 1. The fraction of sp³-hybridized carbons (Fsp3) is 0.200. The highest BCUT2D eigenvalue weighted by atomic mass is 32.1. The van der Waals surface area contributed by atoms with Crippen LogP contribution in [0.4, 0.5) is 5.69 Å². The molecule has 2 N–H and O–H groups in total. The largest absolute Gasteiger partial charge is 0.496 e. The standard InChI is InChI=1S/C20H20N4O3S/c1-27-16-10-6-5-7-14(16)13-21-17(25)11-12-18-23-24-20(28-18)19(26)22-15-8-3-2-4-9-15/h2-10H,11-13H2,1H3,(H,21,25)(H,22,26). The molecule has 1 heterocycles. The first kappa shape index (κ1) is 19.5. The van der Waals surface area contributed by atoms with Gasteiger partial charge in [-0.05, 0) is 18.2 Å². The van der Waals surface area contributed by atoms with E-state index >= 15 is 0 Å². The fourth-order valence-electron chi connectivity index (χ4n) is 2.50. The van der Waals surface area contributed by atoms with Crippen molar-refractivity contribution in [2.24, 2.45) is 0 Å². The maximum atomic E-state index is 12.2. The van der Waals surface area contributed by atoms with E-state index in [-0.39, 0.29) is 23.2 Å². The molecule has 0 atom stereocenters. The lowest BCUT2D eigenvalue weighted by atomic mass is 10.2. The van der Waals surface area contributed by atoms with Crippen molar-refractivity contribution in [3.8, 4) is 5.75 Å². The minimum atomic E-state index is -0.310. The molecule has 2 aromatic carbocycles. The zero-order valence-corrected chi connectivity index (χ0v) is 16.2. The van der Waals surface area contributed by atoms with Gasteiger partial charge in [0.05, 0.1) is 7.11 Å². The van der Waals surface area contributed by atoms with Crippen LogP contribution in [0, 0.1) is 0 Å². The number of aryl methyl sites for hydroxylation is 1. The quantitative estimate of drug-likeness (QED) is 0.610. The summed E-state index contributed by atoms with van der Waals surface area (Å²) in [5.41, 5.74) is 1.61. The number of carbonyl (C=O) groups excluding carboxylic acids is 2. The summed E-state index contributed by atoms with van der Waals surface area (Å²) < 4.78 is 5.27. The highest BCUT2D eigenvalue weighted by molar-refractivity contribution is 7.13. The summed E-state index contributed by atoms with van der Waals surface area (Å²) >= 11 is 1.19. The molecule has 2 amide bonds. The Hall–Kier alpha value is -3.26. The van der Waals surface area contributed by atoms with Crippen molar-refractivity contribution in [1.29, 1.82) is 0 Å². The van der Waals surface area contributed by atoms with Crippen LogP contribution in [0.15, 0.2) is 54.6 Å². The Labute approximate surface area is 166 Å². The average Bonchev–Trinajstić information content (AvgIpc) is 3.21. The molecule has 0 aliphatic heterocycles. The molecular formula is C20H20N4O3S. The van der Waals surface area contributed by atoms with Crippen molar-refractivity contribution in [3.63, 3.8) is 0 Å². The van der Waals surface area contributed by atoms with Crippen LogP contribution in [0.1, 0.15) is 26.8 Å². The molecule has 0 aliphatic carbocycles. The van der Waals surface area contributed by atoms with Gasteiger partial charge in [0.1, 0.15) is 10.8 Å². The molecule has 0 radical (unpaired) electrons. The van der Waals surface area contributed by atoms with Crippen molar-refractivity contribution < 1.29 is 14.3 Å². The highest BCUT2D eigenvalue weighted by Gasteiger charge is 2.14. The molecule has 3 aromatic rings. The Kier molecular flexibility index (Phi) is 6.69. The first-order valence-corrected chi connectivity index (χ1v) is 9.54. The predicted octanol–water partition coefficient (Wildman–Crippen LogP) is 3.05. The van der Waals surface area contributed by atoms with Gasteiger partial charge in [0.2, 0.25) is 10.9 Å². The van der Waals surface area contributed by atoms with E-state index in [0.29, 0.717) is 23.7 Å². The van der Waals surface area contributed by atoms with Gasteiger partial charge in [-0.3, -0.25) is 9.59 Å². The second kappa shape index (κ2) is 9.61. The maximum absolute atomic E-state index is 12.2. The molecule has 1 aromatic heterocycles. The third kappa shape index (κ3) is 5.37. The van der Waals surface area contributed by atoms with E-state index in [0.717, 1.165) is 11.3 Å². The van der Waals surface area contributed by atoms with Gasteiger partial charge in [0.15, 0.2) is 0 Å². The van der Waals surface area contributed by atoms with Crippen molar-refractivity contribution in [1.82, 2.24) is 15.5 Å². The van der Waals surface area contributed by atoms with E-state index in [2.05, 4.69) is 20.8 Å². The lowest BCUT2D eigenvalue weighted by molar-refractivity contribution is -0.121. The number of methoxy groups -OCH3 is 1. The molecule has 0 spiro atoms. The molecule has 0 fully saturated rings. The number of carbonyl (C=O) groups is 2. The number of nitrogens with zero attached hydrogens (tertiary/aromatic N) is 2. The monoisotopic (exact) mass is 396 g/mol. The number of amides is 2. The minimum absolute atomic E-state index is 0.101. The van der Waals surface area contributed by atoms with Crippen LogP contribution in [0.3, 0.4) is 0 Å². The number of benzene rings is 2. The van der Waals surface area contributed by atoms with Crippen LogP contribution >= 0.6 is 11.3 Å². The Morgan fingerprint density at radius 1 is 1.04 bits per heavy atom. The Morgan fingerprint density at radius 2 is 1.79 bits per heavy atom. The first-order chi connectivity index (χ1) is 13.7. The predicted molar refractivity (Wildman–Crippen MR) is 107 cm³/mol. The topological polar surface area (TPSA) is 93.2 Å². The molecule has 144 valence electrons. The fourth-order valence-corrected chi connectivity index (χ4v) is 3.24. The third-order valence-electron chi connectivity index (χ3n) is 3.93. The maximum Gasteiger partial charge on any atom is 0.286 e. The van der Waals surface area contributed by atoms with Crippen LogP contribution in [-0.2, 0) is 17.8 Å². The average molecular weight is 396 g/mol. The summed E-state index contributed by atoms with van der Waals surface area (Å²) in [5.74, 6) is 0.327. The van der Waals surface area contributed by atoms with Gasteiger partial charge in [-0.25, -0.2) is 0 Å². The van der Waals surface area contributed by atoms with Crippen LogP contribution in [0.25, 0.3) is 0 Å². The lowest BCUT2D eigenvalue weighted by Gasteiger charge is -2.09. The second-order valence-corrected chi connectivity index (χ2v) is 6.97. The summed E-state index contributed by atoms with van der Waals surface area (Å²) in [6, 6.07) is 16.7. The van der Waals surface area contributed by atoms with Gasteiger partial charge in [0.25, 0.3) is 5.91 Å². The molecule has 0 saturated heterocycles. The van der Waals surface area contributed by atoms with Crippen LogP contribution in [-0.4, -0.2) is 29.1 Å². The number of aromatic nitrogens is 2. The first-order valence-electron chi connectivity index (χ1n) is 8.73. The molecule has 0 saturated carbocycles. The molecule has 3 rings (SSSR count). The van der Waals surface area contributed by atoms with Gasteiger partial charge in [0, 0.05) is 30.6 Å².